The summed E-state index contributed by atoms with van der Waals surface area (Å²) in [6.45, 7) is 4.71. The molecule has 12 nitrogen and oxygen atoms in total. The number of likely N-dealkylation sites (tertiary alicyclic amines) is 1. The summed E-state index contributed by atoms with van der Waals surface area (Å²) < 4.78 is 20.1. The minimum Gasteiger partial charge on any atom is -0.388 e. The highest BCUT2D eigenvalue weighted by Gasteiger charge is 2.49. The molecule has 0 spiro atoms. The lowest BCUT2D eigenvalue weighted by Gasteiger charge is -2.44. The van der Waals surface area contributed by atoms with Crippen LogP contribution < -0.4 is 5.32 Å². The molecular formula is C26H36FN5O7S3. The van der Waals surface area contributed by atoms with Gasteiger partial charge in [-0.1, -0.05) is 43.4 Å². The van der Waals surface area contributed by atoms with E-state index in [-0.39, 0.29) is 22.5 Å². The fraction of sp³-hybridized carbons (Fsp3) is 0.654. The van der Waals surface area contributed by atoms with Crippen molar-refractivity contribution in [2.75, 3.05) is 19.8 Å². The Morgan fingerprint density at radius 1 is 1.31 bits per heavy atom. The fourth-order valence-electron chi connectivity index (χ4n) is 5.56. The quantitative estimate of drug-likeness (QED) is 0.160. The number of likely N-dealkylation sites (N-methyl/N-ethyl adjacent to an activating group) is 1. The molecule has 4 rings (SSSR count). The number of benzene rings is 1. The number of nitrogens with one attached hydrogen (secondary N) is 1. The van der Waals surface area contributed by atoms with Gasteiger partial charge in [0, 0.05) is 11.8 Å². The van der Waals surface area contributed by atoms with Gasteiger partial charge in [-0.05, 0) is 44.2 Å². The van der Waals surface area contributed by atoms with Crippen molar-refractivity contribution in [1.29, 1.82) is 0 Å². The SMILES string of the molecule is CCC[C@@H]1C[C@@H](C(=O)NC(C(C)Sc2nnc(-c3ccc(F)cc3[N+](=O)[O-])s2)[C@H]2O[C@H](SC)[C@H](O)[C@@H](O)[C@H]2O)N(C)C1. The summed E-state index contributed by atoms with van der Waals surface area (Å²) in [6.07, 6.45) is -0.921. The number of hydrogen-bond donors (Lipinski definition) is 4. The summed E-state index contributed by atoms with van der Waals surface area (Å²) >= 11 is 3.46. The maximum absolute atomic E-state index is 13.7. The molecule has 4 N–H and O–H groups in total. The predicted molar refractivity (Wildman–Crippen MR) is 159 cm³/mol. The smallest absolute Gasteiger partial charge is 0.282 e. The molecule has 42 heavy (non-hydrogen) atoms. The first-order valence-electron chi connectivity index (χ1n) is 13.6. The van der Waals surface area contributed by atoms with Gasteiger partial charge in [0.05, 0.1) is 28.6 Å². The van der Waals surface area contributed by atoms with E-state index in [4.69, 9.17) is 4.74 Å². The first-order valence-corrected chi connectivity index (χ1v) is 16.6. The Kier molecular flexibility index (Phi) is 11.2. The van der Waals surface area contributed by atoms with E-state index in [9.17, 15) is 34.6 Å². The number of halogens is 1. The molecule has 232 valence electrons. The van der Waals surface area contributed by atoms with E-state index in [0.717, 1.165) is 42.9 Å². The zero-order valence-electron chi connectivity index (χ0n) is 23.6. The first kappa shape index (κ1) is 33.0. The van der Waals surface area contributed by atoms with Crippen LogP contribution in [-0.4, -0.2) is 108 Å². The van der Waals surface area contributed by atoms with Gasteiger partial charge in [0.25, 0.3) is 5.69 Å². The third-order valence-corrected chi connectivity index (χ3v) is 10.8. The van der Waals surface area contributed by atoms with Crippen molar-refractivity contribution in [2.24, 2.45) is 5.92 Å². The van der Waals surface area contributed by atoms with Crippen LogP contribution in [0.3, 0.4) is 0 Å². The van der Waals surface area contributed by atoms with Crippen molar-refractivity contribution in [1.82, 2.24) is 20.4 Å². The van der Waals surface area contributed by atoms with Crippen molar-refractivity contribution in [3.8, 4) is 10.6 Å². The van der Waals surface area contributed by atoms with Gasteiger partial charge in [-0.3, -0.25) is 19.8 Å². The Morgan fingerprint density at radius 2 is 2.05 bits per heavy atom. The third kappa shape index (κ3) is 7.23. The summed E-state index contributed by atoms with van der Waals surface area (Å²) in [5.74, 6) is -0.580. The molecule has 0 saturated carbocycles. The van der Waals surface area contributed by atoms with Crippen LogP contribution in [0, 0.1) is 21.8 Å². The van der Waals surface area contributed by atoms with Gasteiger partial charge in [-0.2, -0.15) is 0 Å². The van der Waals surface area contributed by atoms with Crippen molar-refractivity contribution >= 4 is 46.5 Å². The van der Waals surface area contributed by atoms with Crippen LogP contribution in [0.2, 0.25) is 0 Å². The Bertz CT molecular complexity index is 1260. The normalized spacial score (nSPS) is 29.8. The molecule has 1 aromatic heterocycles. The van der Waals surface area contributed by atoms with E-state index in [2.05, 4.69) is 22.4 Å². The molecule has 16 heteroatoms. The minimum absolute atomic E-state index is 0.125. The third-order valence-electron chi connectivity index (χ3n) is 7.72. The highest BCUT2D eigenvalue weighted by Crippen LogP contribution is 2.39. The average Bonchev–Trinajstić information content (AvgIpc) is 3.57. The van der Waals surface area contributed by atoms with Gasteiger partial charge in [-0.15, -0.1) is 22.0 Å². The predicted octanol–water partition coefficient (Wildman–Crippen LogP) is 2.51. The lowest BCUT2D eigenvalue weighted by molar-refractivity contribution is -0.384. The molecule has 2 aliphatic rings. The number of carbonyl (C=O) groups is 1. The number of amides is 1. The number of nitrogens with zero attached hydrogens (tertiary/aromatic N) is 4. The molecule has 0 aliphatic carbocycles. The van der Waals surface area contributed by atoms with Crippen molar-refractivity contribution < 1.29 is 34.2 Å². The van der Waals surface area contributed by atoms with Gasteiger partial charge in [0.2, 0.25) is 5.91 Å². The molecule has 0 bridgehead atoms. The fourth-order valence-corrected chi connectivity index (χ4v) is 8.51. The van der Waals surface area contributed by atoms with Gasteiger partial charge in [-0.25, -0.2) is 4.39 Å². The average molecular weight is 646 g/mol. The number of ether oxygens (including phenoxy) is 1. The summed E-state index contributed by atoms with van der Waals surface area (Å²) in [5.41, 5.74) is -1.14. The van der Waals surface area contributed by atoms with Gasteiger partial charge >= 0.3 is 0 Å². The van der Waals surface area contributed by atoms with E-state index in [0.29, 0.717) is 16.7 Å². The molecule has 2 aliphatic heterocycles. The number of nitro benzene ring substituents is 1. The summed E-state index contributed by atoms with van der Waals surface area (Å²) in [7, 11) is 1.90. The van der Waals surface area contributed by atoms with Crippen molar-refractivity contribution in [3.05, 3.63) is 34.1 Å². The molecule has 2 unspecified atom stereocenters. The second kappa shape index (κ2) is 14.2. The van der Waals surface area contributed by atoms with Crippen LogP contribution in [0.5, 0.6) is 0 Å². The number of aliphatic hydroxyl groups excluding tert-OH is 3. The van der Waals surface area contributed by atoms with E-state index in [1.807, 2.05) is 11.9 Å². The molecule has 2 saturated heterocycles. The number of carbonyl (C=O) groups excluding carboxylic acids is 1. The molecule has 1 amide bonds. The molecule has 3 heterocycles. The molecule has 9 atom stereocenters. The molecule has 0 radical (unpaired) electrons. The van der Waals surface area contributed by atoms with Crippen LogP contribution in [-0.2, 0) is 9.53 Å². The zero-order valence-corrected chi connectivity index (χ0v) is 26.1. The Morgan fingerprint density at radius 3 is 2.71 bits per heavy atom. The largest absolute Gasteiger partial charge is 0.388 e. The van der Waals surface area contributed by atoms with Crippen molar-refractivity contribution in [2.45, 2.75) is 84.6 Å². The first-order chi connectivity index (χ1) is 19.9. The standard InChI is InChI=1S/C26H36FN5O7S3/c1-5-6-13-9-17(31(3)11-13)23(36)28-18(22-20(34)19(33)21(35)25(39-22)40-4)12(2)41-26-30-29-24(42-26)15-8-7-14(27)10-16(15)32(37)38/h7-8,10,12-13,17-22,25,33-35H,5-6,9,11H2,1-4H3,(H,28,36)/t12?,13-,17+,18?,19+,20-,21-,22-,25-/m1/s1. The van der Waals surface area contributed by atoms with Gasteiger partial charge in [0.15, 0.2) is 9.35 Å². The molecular weight excluding hydrogens is 610 g/mol. The Hall–Kier alpha value is -1.92. The summed E-state index contributed by atoms with van der Waals surface area (Å²) in [4.78, 5) is 26.4. The lowest BCUT2D eigenvalue weighted by atomic mass is 9.92. The minimum atomic E-state index is -1.49. The number of hydrogen-bond acceptors (Lipinski definition) is 13. The van der Waals surface area contributed by atoms with Crippen LogP contribution in [0.4, 0.5) is 10.1 Å². The summed E-state index contributed by atoms with van der Waals surface area (Å²) in [5, 5.41) is 54.5. The number of nitro groups is 1. The van der Waals surface area contributed by atoms with Crippen LogP contribution in [0.1, 0.15) is 33.1 Å². The summed E-state index contributed by atoms with van der Waals surface area (Å²) in [6, 6.07) is 2.02. The number of thioether (sulfide) groups is 2. The highest BCUT2D eigenvalue weighted by atomic mass is 32.2. The van der Waals surface area contributed by atoms with E-state index in [1.54, 1.807) is 13.2 Å². The Balaban J connectivity index is 1.59. The second-order valence-electron chi connectivity index (χ2n) is 10.7. The zero-order chi connectivity index (χ0) is 30.7. The molecule has 2 aromatic rings. The van der Waals surface area contributed by atoms with E-state index in [1.165, 1.54) is 29.6 Å². The lowest BCUT2D eigenvalue weighted by Crippen LogP contribution is -2.65. The highest BCUT2D eigenvalue weighted by molar-refractivity contribution is 8.01. The molecule has 2 fully saturated rings. The maximum Gasteiger partial charge on any atom is 0.282 e. The van der Waals surface area contributed by atoms with Crippen LogP contribution >= 0.6 is 34.9 Å². The van der Waals surface area contributed by atoms with Gasteiger partial charge < -0.3 is 25.4 Å². The van der Waals surface area contributed by atoms with E-state index < -0.39 is 57.6 Å². The van der Waals surface area contributed by atoms with Crippen LogP contribution in [0.25, 0.3) is 10.6 Å². The number of aliphatic hydroxyl groups is 3. The Labute approximate surface area is 255 Å². The second-order valence-corrected chi connectivity index (χ2v) is 14.2. The van der Waals surface area contributed by atoms with Gasteiger partial charge in [0.1, 0.15) is 35.7 Å². The van der Waals surface area contributed by atoms with Crippen molar-refractivity contribution in [3.63, 3.8) is 0 Å². The number of rotatable bonds is 11. The molecule has 1 aromatic carbocycles. The maximum atomic E-state index is 13.7. The number of aromatic nitrogens is 2. The van der Waals surface area contributed by atoms with Crippen LogP contribution in [0.15, 0.2) is 22.5 Å². The topological polar surface area (TPSA) is 171 Å². The monoisotopic (exact) mass is 645 g/mol. The van der Waals surface area contributed by atoms with E-state index >= 15 is 0 Å².